The number of benzene rings is 1. The minimum absolute atomic E-state index is 0.0957. The van der Waals surface area contributed by atoms with Crippen molar-refractivity contribution < 1.29 is 9.53 Å². The molecule has 0 saturated heterocycles. The van der Waals surface area contributed by atoms with Crippen LogP contribution in [0.5, 0.6) is 0 Å². The molecule has 0 aromatic heterocycles. The molecule has 3 heteroatoms. The molecule has 0 spiro atoms. The first-order chi connectivity index (χ1) is 10.7. The van der Waals surface area contributed by atoms with Crippen LogP contribution in [0.4, 0.5) is 0 Å². The maximum Gasteiger partial charge on any atom is 0.307 e. The Balaban J connectivity index is 2.01. The molecule has 0 heterocycles. The maximum absolute atomic E-state index is 11.7. The van der Waals surface area contributed by atoms with E-state index < -0.39 is 0 Å². The minimum Gasteiger partial charge on any atom is -0.466 e. The molecule has 22 heavy (non-hydrogen) atoms. The predicted molar refractivity (Wildman–Crippen MR) is 91.7 cm³/mol. The van der Waals surface area contributed by atoms with E-state index in [-0.39, 0.29) is 12.0 Å². The Kier molecular flexibility index (Phi) is 10.4. The minimum atomic E-state index is -0.0957. The van der Waals surface area contributed by atoms with E-state index in [1.54, 1.807) is 0 Å². The Morgan fingerprint density at radius 1 is 1.09 bits per heavy atom. The van der Waals surface area contributed by atoms with Gasteiger partial charge in [0.15, 0.2) is 0 Å². The van der Waals surface area contributed by atoms with Crippen molar-refractivity contribution in [1.29, 1.82) is 0 Å². The molecule has 1 N–H and O–H groups in total. The van der Waals surface area contributed by atoms with E-state index in [2.05, 4.69) is 24.4 Å². The normalized spacial score (nSPS) is 12.1. The summed E-state index contributed by atoms with van der Waals surface area (Å²) in [5, 5.41) is 3.35. The van der Waals surface area contributed by atoms with Gasteiger partial charge in [-0.1, -0.05) is 69.4 Å². The second-order valence-electron chi connectivity index (χ2n) is 5.96. The molecule has 0 aliphatic carbocycles. The Labute approximate surface area is 135 Å². The lowest BCUT2D eigenvalue weighted by Crippen LogP contribution is -2.28. The topological polar surface area (TPSA) is 38.3 Å². The standard InChI is InChI=1S/C19H31NO2/c1-3-4-5-6-7-11-14-22-19(21)15-17(2)20-16-18-12-9-8-10-13-18/h8-10,12-13,17,20H,3-7,11,14-16H2,1-2H3. The second kappa shape index (κ2) is 12.2. The van der Waals surface area contributed by atoms with Gasteiger partial charge in [0.1, 0.15) is 0 Å². The Bertz CT molecular complexity index is 392. The average Bonchev–Trinajstić information content (AvgIpc) is 2.53. The number of carbonyl (C=O) groups excluding carboxylic acids is 1. The van der Waals surface area contributed by atoms with Gasteiger partial charge in [-0.15, -0.1) is 0 Å². The number of hydrogen-bond acceptors (Lipinski definition) is 3. The van der Waals surface area contributed by atoms with Crippen LogP contribution < -0.4 is 5.32 Å². The summed E-state index contributed by atoms with van der Waals surface area (Å²) in [6, 6.07) is 10.4. The third-order valence-electron chi connectivity index (χ3n) is 3.73. The van der Waals surface area contributed by atoms with Crippen LogP contribution in [0.1, 0.15) is 64.4 Å². The van der Waals surface area contributed by atoms with Crippen LogP contribution in [-0.2, 0) is 16.1 Å². The maximum atomic E-state index is 11.7. The van der Waals surface area contributed by atoms with Crippen molar-refractivity contribution in [2.75, 3.05) is 6.61 Å². The largest absolute Gasteiger partial charge is 0.466 e. The van der Waals surface area contributed by atoms with Crippen LogP contribution in [-0.4, -0.2) is 18.6 Å². The number of nitrogens with one attached hydrogen (secondary N) is 1. The van der Waals surface area contributed by atoms with Gasteiger partial charge in [0.2, 0.25) is 0 Å². The van der Waals surface area contributed by atoms with E-state index >= 15 is 0 Å². The smallest absolute Gasteiger partial charge is 0.307 e. The van der Waals surface area contributed by atoms with Crippen LogP contribution in [0.25, 0.3) is 0 Å². The fraction of sp³-hybridized carbons (Fsp3) is 0.632. The quantitative estimate of drug-likeness (QED) is 0.458. The SMILES string of the molecule is CCCCCCCCOC(=O)CC(C)NCc1ccccc1. The average molecular weight is 305 g/mol. The molecular weight excluding hydrogens is 274 g/mol. The van der Waals surface area contributed by atoms with Gasteiger partial charge in [0.25, 0.3) is 0 Å². The van der Waals surface area contributed by atoms with Gasteiger partial charge in [-0.3, -0.25) is 4.79 Å². The van der Waals surface area contributed by atoms with Gasteiger partial charge in [-0.05, 0) is 18.9 Å². The summed E-state index contributed by atoms with van der Waals surface area (Å²) < 4.78 is 5.29. The molecule has 1 aromatic rings. The van der Waals surface area contributed by atoms with Crippen molar-refractivity contribution in [2.45, 2.75) is 71.4 Å². The molecule has 1 unspecified atom stereocenters. The van der Waals surface area contributed by atoms with Crippen molar-refractivity contribution in [2.24, 2.45) is 0 Å². The molecule has 1 atom stereocenters. The first-order valence-corrected chi connectivity index (χ1v) is 8.65. The van der Waals surface area contributed by atoms with Gasteiger partial charge < -0.3 is 10.1 Å². The highest BCUT2D eigenvalue weighted by Gasteiger charge is 2.09. The van der Waals surface area contributed by atoms with Crippen molar-refractivity contribution in [1.82, 2.24) is 5.32 Å². The fourth-order valence-electron chi connectivity index (χ4n) is 2.34. The molecule has 0 aliphatic heterocycles. The highest BCUT2D eigenvalue weighted by atomic mass is 16.5. The van der Waals surface area contributed by atoms with Gasteiger partial charge in [0.05, 0.1) is 13.0 Å². The van der Waals surface area contributed by atoms with Gasteiger partial charge in [-0.2, -0.15) is 0 Å². The zero-order chi connectivity index (χ0) is 16.0. The number of unbranched alkanes of at least 4 members (excludes halogenated alkanes) is 5. The summed E-state index contributed by atoms with van der Waals surface area (Å²) in [4.78, 5) is 11.7. The van der Waals surface area contributed by atoms with Crippen LogP contribution in [0, 0.1) is 0 Å². The first-order valence-electron chi connectivity index (χ1n) is 8.65. The fourth-order valence-corrected chi connectivity index (χ4v) is 2.34. The molecule has 3 nitrogen and oxygen atoms in total. The van der Waals surface area contributed by atoms with Crippen LogP contribution in [0.3, 0.4) is 0 Å². The summed E-state index contributed by atoms with van der Waals surface area (Å²) >= 11 is 0. The van der Waals surface area contributed by atoms with E-state index in [0.717, 1.165) is 19.4 Å². The van der Waals surface area contributed by atoms with E-state index in [1.807, 2.05) is 25.1 Å². The van der Waals surface area contributed by atoms with E-state index in [4.69, 9.17) is 4.74 Å². The summed E-state index contributed by atoms with van der Waals surface area (Å²) in [6.45, 7) is 5.59. The number of rotatable bonds is 12. The number of hydrogen-bond donors (Lipinski definition) is 1. The first kappa shape index (κ1) is 18.7. The summed E-state index contributed by atoms with van der Waals surface area (Å²) in [6.07, 6.45) is 7.71. The third-order valence-corrected chi connectivity index (χ3v) is 3.73. The molecular formula is C19H31NO2. The molecule has 124 valence electrons. The Morgan fingerprint density at radius 3 is 2.50 bits per heavy atom. The van der Waals surface area contributed by atoms with Crippen LogP contribution in [0.2, 0.25) is 0 Å². The summed E-state index contributed by atoms with van der Waals surface area (Å²) in [5.41, 5.74) is 1.23. The number of ether oxygens (including phenoxy) is 1. The van der Waals surface area contributed by atoms with E-state index in [9.17, 15) is 4.79 Å². The lowest BCUT2D eigenvalue weighted by molar-refractivity contribution is -0.144. The molecule has 0 fully saturated rings. The highest BCUT2D eigenvalue weighted by molar-refractivity contribution is 5.70. The lowest BCUT2D eigenvalue weighted by Gasteiger charge is -2.13. The van der Waals surface area contributed by atoms with E-state index in [0.29, 0.717) is 13.0 Å². The second-order valence-corrected chi connectivity index (χ2v) is 5.96. The molecule has 0 saturated carbocycles. The monoisotopic (exact) mass is 305 g/mol. The van der Waals surface area contributed by atoms with Gasteiger partial charge >= 0.3 is 5.97 Å². The summed E-state index contributed by atoms with van der Waals surface area (Å²) in [5.74, 6) is -0.0957. The molecule has 0 radical (unpaired) electrons. The lowest BCUT2D eigenvalue weighted by atomic mass is 10.1. The number of carbonyl (C=O) groups is 1. The van der Waals surface area contributed by atoms with Crippen molar-refractivity contribution in [3.8, 4) is 0 Å². The zero-order valence-electron chi connectivity index (χ0n) is 14.1. The Morgan fingerprint density at radius 2 is 1.77 bits per heavy atom. The predicted octanol–water partition coefficient (Wildman–Crippen LogP) is 4.46. The van der Waals surface area contributed by atoms with Crippen molar-refractivity contribution in [3.05, 3.63) is 35.9 Å². The van der Waals surface area contributed by atoms with Crippen molar-refractivity contribution >= 4 is 5.97 Å². The highest BCUT2D eigenvalue weighted by Crippen LogP contribution is 2.06. The van der Waals surface area contributed by atoms with Crippen molar-refractivity contribution in [3.63, 3.8) is 0 Å². The van der Waals surface area contributed by atoms with Gasteiger partial charge in [0, 0.05) is 12.6 Å². The Hall–Kier alpha value is -1.35. The molecule has 0 aliphatic rings. The zero-order valence-corrected chi connectivity index (χ0v) is 14.1. The third kappa shape index (κ3) is 9.56. The van der Waals surface area contributed by atoms with Crippen LogP contribution in [0.15, 0.2) is 30.3 Å². The molecule has 1 rings (SSSR count). The molecule has 0 amide bonds. The molecule has 0 bridgehead atoms. The van der Waals surface area contributed by atoms with Gasteiger partial charge in [-0.25, -0.2) is 0 Å². The number of esters is 1. The summed E-state index contributed by atoms with van der Waals surface area (Å²) in [7, 11) is 0. The van der Waals surface area contributed by atoms with E-state index in [1.165, 1.54) is 31.2 Å². The van der Waals surface area contributed by atoms with Crippen LogP contribution >= 0.6 is 0 Å². The molecule has 1 aromatic carbocycles.